The van der Waals surface area contributed by atoms with E-state index < -0.39 is 11.2 Å². The molecule has 0 aliphatic heterocycles. The Kier molecular flexibility index (Phi) is 3.72. The SMILES string of the molecule is C[S+]([O-])c1ccc(-c2ncoc2-c2ccc(F)cc2)cn1. The molecular formula is C15H11FN2O2S. The summed E-state index contributed by atoms with van der Waals surface area (Å²) >= 11 is -1.12. The molecule has 0 spiro atoms. The molecule has 2 heterocycles. The van der Waals surface area contributed by atoms with Gasteiger partial charge in [-0.1, -0.05) is 0 Å². The molecule has 0 N–H and O–H groups in total. The van der Waals surface area contributed by atoms with Crippen molar-refractivity contribution in [1.29, 1.82) is 0 Å². The molecule has 0 aliphatic rings. The van der Waals surface area contributed by atoms with Crippen molar-refractivity contribution in [1.82, 2.24) is 9.97 Å². The maximum Gasteiger partial charge on any atom is 0.244 e. The van der Waals surface area contributed by atoms with Gasteiger partial charge < -0.3 is 8.97 Å². The number of hydrogen-bond donors (Lipinski definition) is 0. The first-order valence-electron chi connectivity index (χ1n) is 6.14. The van der Waals surface area contributed by atoms with E-state index >= 15 is 0 Å². The third kappa shape index (κ3) is 2.81. The fourth-order valence-corrected chi connectivity index (χ4v) is 2.41. The molecule has 0 fully saturated rings. The zero-order valence-corrected chi connectivity index (χ0v) is 11.9. The van der Waals surface area contributed by atoms with Gasteiger partial charge in [-0.05, 0) is 30.3 Å². The highest BCUT2D eigenvalue weighted by Gasteiger charge is 2.14. The molecule has 0 amide bonds. The van der Waals surface area contributed by atoms with Crippen LogP contribution < -0.4 is 0 Å². The molecule has 106 valence electrons. The predicted molar refractivity (Wildman–Crippen MR) is 77.5 cm³/mol. The van der Waals surface area contributed by atoms with E-state index in [-0.39, 0.29) is 5.82 Å². The Morgan fingerprint density at radius 1 is 1.05 bits per heavy atom. The van der Waals surface area contributed by atoms with Crippen LogP contribution >= 0.6 is 0 Å². The highest BCUT2D eigenvalue weighted by Crippen LogP contribution is 2.31. The molecule has 1 unspecified atom stereocenters. The van der Waals surface area contributed by atoms with Gasteiger partial charge >= 0.3 is 0 Å². The van der Waals surface area contributed by atoms with Crippen molar-refractivity contribution in [2.75, 3.05) is 6.26 Å². The first kappa shape index (κ1) is 13.8. The second-order valence-corrected chi connectivity index (χ2v) is 5.70. The van der Waals surface area contributed by atoms with E-state index in [1.54, 1.807) is 36.7 Å². The van der Waals surface area contributed by atoms with Gasteiger partial charge in [0.25, 0.3) is 0 Å². The van der Waals surface area contributed by atoms with Crippen LogP contribution in [-0.4, -0.2) is 20.8 Å². The first-order chi connectivity index (χ1) is 10.1. The third-order valence-electron chi connectivity index (χ3n) is 2.98. The van der Waals surface area contributed by atoms with Crippen LogP contribution in [-0.2, 0) is 11.2 Å². The molecule has 0 aliphatic carbocycles. The average Bonchev–Trinajstić information content (AvgIpc) is 2.97. The molecule has 3 aromatic rings. The van der Waals surface area contributed by atoms with Crippen molar-refractivity contribution in [3.8, 4) is 22.6 Å². The molecule has 0 saturated carbocycles. The Balaban J connectivity index is 2.00. The minimum absolute atomic E-state index is 0.309. The molecule has 6 heteroatoms. The number of aromatic nitrogens is 2. The molecule has 0 bridgehead atoms. The van der Waals surface area contributed by atoms with Crippen LogP contribution in [0.5, 0.6) is 0 Å². The minimum atomic E-state index is -1.12. The van der Waals surface area contributed by atoms with Crippen LogP contribution in [0.4, 0.5) is 4.39 Å². The molecule has 0 radical (unpaired) electrons. The van der Waals surface area contributed by atoms with Crippen molar-refractivity contribution < 1.29 is 13.4 Å². The van der Waals surface area contributed by atoms with Gasteiger partial charge in [0, 0.05) is 34.6 Å². The fraction of sp³-hybridized carbons (Fsp3) is 0.0667. The van der Waals surface area contributed by atoms with Crippen molar-refractivity contribution in [2.24, 2.45) is 0 Å². The molecule has 21 heavy (non-hydrogen) atoms. The Morgan fingerprint density at radius 3 is 2.38 bits per heavy atom. The number of hydrogen-bond acceptors (Lipinski definition) is 4. The van der Waals surface area contributed by atoms with Crippen molar-refractivity contribution in [3.05, 3.63) is 54.8 Å². The van der Waals surface area contributed by atoms with Gasteiger partial charge in [0.05, 0.1) is 0 Å². The summed E-state index contributed by atoms with van der Waals surface area (Å²) in [5.74, 6) is 0.235. The van der Waals surface area contributed by atoms with Gasteiger partial charge in [0.1, 0.15) is 17.8 Å². The zero-order valence-electron chi connectivity index (χ0n) is 11.1. The quantitative estimate of drug-likeness (QED) is 0.697. The van der Waals surface area contributed by atoms with Gasteiger partial charge in [0.15, 0.2) is 12.2 Å². The molecule has 1 atom stereocenters. The molecule has 3 rings (SSSR count). The maximum atomic E-state index is 13.0. The van der Waals surface area contributed by atoms with Crippen LogP contribution in [0.1, 0.15) is 0 Å². The molecule has 4 nitrogen and oxygen atoms in total. The third-order valence-corrected chi connectivity index (χ3v) is 3.81. The van der Waals surface area contributed by atoms with Crippen LogP contribution in [0.2, 0.25) is 0 Å². The summed E-state index contributed by atoms with van der Waals surface area (Å²) in [6, 6.07) is 9.46. The summed E-state index contributed by atoms with van der Waals surface area (Å²) in [5.41, 5.74) is 2.09. The number of halogens is 1. The summed E-state index contributed by atoms with van der Waals surface area (Å²) in [6.45, 7) is 0. The topological polar surface area (TPSA) is 62.0 Å². The van der Waals surface area contributed by atoms with E-state index in [0.29, 0.717) is 16.5 Å². The Labute approximate surface area is 123 Å². The number of benzene rings is 1. The average molecular weight is 302 g/mol. The first-order valence-corrected chi connectivity index (χ1v) is 7.70. The molecule has 0 saturated heterocycles. The van der Waals surface area contributed by atoms with Crippen LogP contribution in [0.3, 0.4) is 0 Å². The Bertz CT molecular complexity index is 739. The smallest absolute Gasteiger partial charge is 0.244 e. The summed E-state index contributed by atoms with van der Waals surface area (Å²) in [4.78, 5) is 8.32. The zero-order chi connectivity index (χ0) is 14.8. The lowest BCUT2D eigenvalue weighted by atomic mass is 10.1. The van der Waals surface area contributed by atoms with Gasteiger partial charge in [-0.25, -0.2) is 14.4 Å². The fourth-order valence-electron chi connectivity index (χ4n) is 1.95. The molecule has 2 aromatic heterocycles. The van der Waals surface area contributed by atoms with Crippen LogP contribution in [0, 0.1) is 5.82 Å². The van der Waals surface area contributed by atoms with Gasteiger partial charge in [0.2, 0.25) is 5.03 Å². The molecular weight excluding hydrogens is 291 g/mol. The second kappa shape index (κ2) is 5.67. The van der Waals surface area contributed by atoms with E-state index in [2.05, 4.69) is 9.97 Å². The van der Waals surface area contributed by atoms with E-state index in [1.807, 2.05) is 0 Å². The van der Waals surface area contributed by atoms with Gasteiger partial charge in [-0.2, -0.15) is 0 Å². The largest absolute Gasteiger partial charge is 0.610 e. The summed E-state index contributed by atoms with van der Waals surface area (Å²) in [6.07, 6.45) is 4.50. The van der Waals surface area contributed by atoms with Crippen molar-refractivity contribution in [2.45, 2.75) is 5.03 Å². The van der Waals surface area contributed by atoms with Crippen LogP contribution in [0.15, 0.2) is 58.4 Å². The lowest BCUT2D eigenvalue weighted by molar-refractivity contribution is 0.571. The number of oxazole rings is 1. The number of nitrogens with zero attached hydrogens (tertiary/aromatic N) is 2. The lowest BCUT2D eigenvalue weighted by Crippen LogP contribution is -1.99. The van der Waals surface area contributed by atoms with Gasteiger partial charge in [-0.15, -0.1) is 0 Å². The van der Waals surface area contributed by atoms with Crippen molar-refractivity contribution >= 4 is 11.2 Å². The molecule has 1 aromatic carbocycles. The number of pyridine rings is 1. The maximum absolute atomic E-state index is 13.0. The van der Waals surface area contributed by atoms with E-state index in [9.17, 15) is 8.94 Å². The van der Waals surface area contributed by atoms with E-state index in [0.717, 1.165) is 11.1 Å². The van der Waals surface area contributed by atoms with E-state index in [1.165, 1.54) is 18.5 Å². The standard InChI is InChI=1S/C15H11FN2O2S/c1-21(19)13-7-4-11(8-17-13)14-15(20-9-18-14)10-2-5-12(16)6-3-10/h2-9H,1H3. The Hall–Kier alpha value is -2.18. The highest BCUT2D eigenvalue weighted by molar-refractivity contribution is 7.90. The summed E-state index contributed by atoms with van der Waals surface area (Å²) in [7, 11) is 0. The highest BCUT2D eigenvalue weighted by atomic mass is 32.2. The minimum Gasteiger partial charge on any atom is -0.610 e. The summed E-state index contributed by atoms with van der Waals surface area (Å²) < 4.78 is 29.7. The Morgan fingerprint density at radius 2 is 1.76 bits per heavy atom. The lowest BCUT2D eigenvalue weighted by Gasteiger charge is -2.04. The second-order valence-electron chi connectivity index (χ2n) is 4.38. The number of rotatable bonds is 3. The van der Waals surface area contributed by atoms with Gasteiger partial charge in [-0.3, -0.25) is 0 Å². The van der Waals surface area contributed by atoms with Crippen molar-refractivity contribution in [3.63, 3.8) is 0 Å². The predicted octanol–water partition coefficient (Wildman–Crippen LogP) is 3.28. The van der Waals surface area contributed by atoms with Crippen LogP contribution in [0.25, 0.3) is 22.6 Å². The van der Waals surface area contributed by atoms with E-state index in [4.69, 9.17) is 4.42 Å². The normalized spacial score (nSPS) is 12.3. The summed E-state index contributed by atoms with van der Waals surface area (Å²) in [5, 5.41) is 0.505. The monoisotopic (exact) mass is 302 g/mol.